The van der Waals surface area contributed by atoms with Crippen molar-refractivity contribution in [2.75, 3.05) is 12.9 Å². The summed E-state index contributed by atoms with van der Waals surface area (Å²) < 4.78 is 17.4. The van der Waals surface area contributed by atoms with Gasteiger partial charge < -0.3 is 14.0 Å². The number of ether oxygens (including phenoxy) is 1. The Bertz CT molecular complexity index is 648. The fourth-order valence-electron chi connectivity index (χ4n) is 2.34. The number of thiol groups is 1. The Labute approximate surface area is 144 Å². The number of hydrogen-bond donors (Lipinski definition) is 1. The summed E-state index contributed by atoms with van der Waals surface area (Å²) in [4.78, 5) is 0. The average molecular weight is 331 g/mol. The van der Waals surface area contributed by atoms with Gasteiger partial charge in [0.25, 0.3) is 0 Å². The molecule has 122 valence electrons. The van der Waals surface area contributed by atoms with E-state index in [0.29, 0.717) is 17.1 Å². The minimum absolute atomic E-state index is 0.411. The monoisotopic (exact) mass is 331 g/mol. The third-order valence-electron chi connectivity index (χ3n) is 4.47. The molecule has 0 aliphatic carbocycles. The smallest absolute Gasteiger partial charge is 0.491 e. The normalized spacial score (nSPS) is 19.5. The highest BCUT2D eigenvalue weighted by Crippen LogP contribution is 2.39. The molecule has 0 saturated carbocycles. The average Bonchev–Trinajstić information content (AvgIpc) is 2.72. The molecule has 1 aliphatic heterocycles. The Balaban J connectivity index is 2.40. The SMILES string of the molecule is COc1cccc(C=C(CS)B2OC(C)(C)C(C)(C)O2)c1C#N. The Morgan fingerprint density at radius 1 is 1.30 bits per heavy atom. The Hall–Kier alpha value is -1.42. The fourth-order valence-corrected chi connectivity index (χ4v) is 2.58. The predicted octanol–water partition coefficient (Wildman–Crippen LogP) is 3.51. The fraction of sp³-hybridized carbons (Fsp3) is 0.471. The van der Waals surface area contributed by atoms with Crippen molar-refractivity contribution in [3.05, 3.63) is 34.8 Å². The van der Waals surface area contributed by atoms with Crippen LogP contribution in [-0.2, 0) is 9.31 Å². The lowest BCUT2D eigenvalue weighted by Crippen LogP contribution is -2.41. The third-order valence-corrected chi connectivity index (χ3v) is 4.83. The van der Waals surface area contributed by atoms with E-state index in [0.717, 1.165) is 11.0 Å². The highest BCUT2D eigenvalue weighted by molar-refractivity contribution is 7.80. The quantitative estimate of drug-likeness (QED) is 0.678. The van der Waals surface area contributed by atoms with Gasteiger partial charge in [-0.25, -0.2) is 0 Å². The van der Waals surface area contributed by atoms with Crippen LogP contribution in [0.25, 0.3) is 6.08 Å². The van der Waals surface area contributed by atoms with E-state index in [1.165, 1.54) is 0 Å². The van der Waals surface area contributed by atoms with Crippen LogP contribution in [0.2, 0.25) is 0 Å². The molecule has 23 heavy (non-hydrogen) atoms. The zero-order valence-electron chi connectivity index (χ0n) is 14.2. The minimum Gasteiger partial charge on any atom is -0.495 e. The number of rotatable bonds is 4. The first-order valence-corrected chi connectivity index (χ1v) is 8.13. The van der Waals surface area contributed by atoms with E-state index in [1.54, 1.807) is 13.2 Å². The van der Waals surface area contributed by atoms with Crippen molar-refractivity contribution < 1.29 is 14.0 Å². The van der Waals surface area contributed by atoms with Crippen molar-refractivity contribution in [2.45, 2.75) is 38.9 Å². The van der Waals surface area contributed by atoms with Crippen LogP contribution in [0.5, 0.6) is 5.75 Å². The third kappa shape index (κ3) is 3.42. The van der Waals surface area contributed by atoms with Crippen molar-refractivity contribution in [3.63, 3.8) is 0 Å². The van der Waals surface area contributed by atoms with Gasteiger partial charge in [-0.05, 0) is 44.8 Å². The molecule has 0 atom stereocenters. The molecular weight excluding hydrogens is 309 g/mol. The summed E-state index contributed by atoms with van der Waals surface area (Å²) in [5.74, 6) is 1.02. The van der Waals surface area contributed by atoms with E-state index in [2.05, 4.69) is 18.7 Å². The second-order valence-electron chi connectivity index (χ2n) is 6.50. The summed E-state index contributed by atoms with van der Waals surface area (Å²) in [5.41, 5.74) is 1.31. The van der Waals surface area contributed by atoms with Crippen LogP contribution >= 0.6 is 12.6 Å². The van der Waals surface area contributed by atoms with E-state index >= 15 is 0 Å². The van der Waals surface area contributed by atoms with Crippen molar-refractivity contribution >= 4 is 25.8 Å². The molecule has 2 rings (SSSR count). The Kier molecular flexibility index (Phi) is 5.15. The first kappa shape index (κ1) is 17.9. The summed E-state index contributed by atoms with van der Waals surface area (Å²) in [7, 11) is 1.08. The standard InChI is InChI=1S/C17H22BNO3S/c1-16(2)17(3,4)22-18(21-16)13(11-23)9-12-7-6-8-15(20-5)14(12)10-19/h6-9,23H,11H2,1-5H3. The van der Waals surface area contributed by atoms with E-state index < -0.39 is 18.3 Å². The van der Waals surface area contributed by atoms with Gasteiger partial charge in [0.05, 0.1) is 18.3 Å². The molecule has 1 aromatic carbocycles. The van der Waals surface area contributed by atoms with Crippen LogP contribution in [0.4, 0.5) is 0 Å². The summed E-state index contributed by atoms with van der Waals surface area (Å²) in [6.45, 7) is 8.04. The van der Waals surface area contributed by atoms with E-state index in [1.807, 2.05) is 45.9 Å². The zero-order valence-corrected chi connectivity index (χ0v) is 15.1. The zero-order chi connectivity index (χ0) is 17.3. The number of methoxy groups -OCH3 is 1. The first-order chi connectivity index (χ1) is 10.8. The van der Waals surface area contributed by atoms with Gasteiger partial charge >= 0.3 is 7.12 Å². The molecule has 1 fully saturated rings. The van der Waals surface area contributed by atoms with Gasteiger partial charge in [-0.1, -0.05) is 18.2 Å². The maximum Gasteiger partial charge on any atom is 0.491 e. The number of hydrogen-bond acceptors (Lipinski definition) is 5. The number of benzene rings is 1. The van der Waals surface area contributed by atoms with E-state index in [4.69, 9.17) is 14.0 Å². The van der Waals surface area contributed by atoms with Gasteiger partial charge in [-0.3, -0.25) is 0 Å². The number of nitrogens with zero attached hydrogens (tertiary/aromatic N) is 1. The second kappa shape index (κ2) is 6.60. The topological polar surface area (TPSA) is 51.5 Å². The molecule has 1 aromatic rings. The van der Waals surface area contributed by atoms with Crippen LogP contribution < -0.4 is 4.74 Å². The summed E-state index contributed by atoms with van der Waals surface area (Å²) in [6.07, 6.45) is 1.90. The predicted molar refractivity (Wildman–Crippen MR) is 95.6 cm³/mol. The molecule has 1 aliphatic rings. The second-order valence-corrected chi connectivity index (χ2v) is 6.82. The van der Waals surface area contributed by atoms with Crippen LogP contribution in [-0.4, -0.2) is 31.2 Å². The molecule has 1 heterocycles. The van der Waals surface area contributed by atoms with Crippen LogP contribution in [0, 0.1) is 11.3 Å². The van der Waals surface area contributed by atoms with Gasteiger partial charge in [0, 0.05) is 5.75 Å². The highest BCUT2D eigenvalue weighted by atomic mass is 32.1. The molecule has 6 heteroatoms. The minimum atomic E-state index is -0.477. The molecule has 0 bridgehead atoms. The lowest BCUT2D eigenvalue weighted by atomic mass is 9.78. The van der Waals surface area contributed by atoms with Crippen molar-refractivity contribution in [1.29, 1.82) is 5.26 Å². The maximum absolute atomic E-state index is 9.41. The summed E-state index contributed by atoms with van der Waals surface area (Å²) >= 11 is 4.40. The number of nitriles is 1. The van der Waals surface area contributed by atoms with E-state index in [9.17, 15) is 5.26 Å². The van der Waals surface area contributed by atoms with Crippen molar-refractivity contribution in [3.8, 4) is 11.8 Å². The van der Waals surface area contributed by atoms with Crippen LogP contribution in [0.15, 0.2) is 23.7 Å². The molecule has 1 saturated heterocycles. The van der Waals surface area contributed by atoms with Crippen molar-refractivity contribution in [1.82, 2.24) is 0 Å². The summed E-state index contributed by atoms with van der Waals surface area (Å²) in [5, 5.41) is 9.41. The summed E-state index contributed by atoms with van der Waals surface area (Å²) in [6, 6.07) is 7.68. The molecule has 0 spiro atoms. The molecular formula is C17H22BNO3S. The van der Waals surface area contributed by atoms with Crippen LogP contribution in [0.3, 0.4) is 0 Å². The molecule has 0 amide bonds. The molecule has 0 unspecified atom stereocenters. The first-order valence-electron chi connectivity index (χ1n) is 7.50. The van der Waals surface area contributed by atoms with Gasteiger partial charge in [0.2, 0.25) is 0 Å². The Morgan fingerprint density at radius 3 is 2.39 bits per heavy atom. The van der Waals surface area contributed by atoms with Gasteiger partial charge in [0.1, 0.15) is 17.4 Å². The highest BCUT2D eigenvalue weighted by Gasteiger charge is 2.52. The van der Waals surface area contributed by atoms with Crippen LogP contribution in [0.1, 0.15) is 38.8 Å². The molecule has 4 nitrogen and oxygen atoms in total. The molecule has 0 radical (unpaired) electrons. The lowest BCUT2D eigenvalue weighted by molar-refractivity contribution is 0.00578. The largest absolute Gasteiger partial charge is 0.495 e. The molecule has 0 aromatic heterocycles. The van der Waals surface area contributed by atoms with E-state index in [-0.39, 0.29) is 0 Å². The van der Waals surface area contributed by atoms with Gasteiger partial charge in [0.15, 0.2) is 0 Å². The Morgan fingerprint density at radius 2 is 1.91 bits per heavy atom. The van der Waals surface area contributed by atoms with Gasteiger partial charge in [-0.2, -0.15) is 17.9 Å². The lowest BCUT2D eigenvalue weighted by Gasteiger charge is -2.32. The van der Waals surface area contributed by atoms with Gasteiger partial charge in [-0.15, -0.1) is 0 Å². The molecule has 0 N–H and O–H groups in total. The maximum atomic E-state index is 9.41. The van der Waals surface area contributed by atoms with Crippen molar-refractivity contribution in [2.24, 2.45) is 0 Å².